The van der Waals surface area contributed by atoms with E-state index >= 15 is 0 Å². The van der Waals surface area contributed by atoms with Crippen LogP contribution in [-0.2, 0) is 36.7 Å². The van der Waals surface area contributed by atoms with E-state index < -0.39 is 48.0 Å². The third-order valence-electron chi connectivity index (χ3n) is 8.85. The molecule has 13 nitrogen and oxygen atoms in total. The highest BCUT2D eigenvalue weighted by molar-refractivity contribution is 5.89. The highest BCUT2D eigenvalue weighted by Gasteiger charge is 2.47. The van der Waals surface area contributed by atoms with Crippen molar-refractivity contribution in [2.75, 3.05) is 19.8 Å². The zero-order valence-corrected chi connectivity index (χ0v) is 26.9. The molecule has 1 aromatic heterocycles. The predicted molar refractivity (Wildman–Crippen MR) is 173 cm³/mol. The van der Waals surface area contributed by atoms with Crippen molar-refractivity contribution in [2.24, 2.45) is 5.92 Å². The molecule has 48 heavy (non-hydrogen) atoms. The van der Waals surface area contributed by atoms with Gasteiger partial charge in [-0.15, -0.1) is 0 Å². The molecule has 2 aromatic carbocycles. The van der Waals surface area contributed by atoms with E-state index in [9.17, 15) is 19.5 Å². The lowest BCUT2D eigenvalue weighted by Crippen LogP contribution is -2.58. The van der Waals surface area contributed by atoms with Gasteiger partial charge in [0.05, 0.1) is 37.0 Å². The number of nitrogens with zero attached hydrogens (tertiary/aromatic N) is 2. The Hall–Kier alpha value is -4.56. The minimum Gasteiger partial charge on any atom is -0.443 e. The number of alkyl carbamates (subject to hydrolysis) is 2. The number of cyclic esters (lactones) is 1. The van der Waals surface area contributed by atoms with Crippen LogP contribution < -0.4 is 16.1 Å². The van der Waals surface area contributed by atoms with Crippen LogP contribution in [0.1, 0.15) is 31.4 Å². The summed E-state index contributed by atoms with van der Waals surface area (Å²) < 4.78 is 22.2. The van der Waals surface area contributed by atoms with Gasteiger partial charge in [-0.1, -0.05) is 60.7 Å². The minimum atomic E-state index is -1.16. The maximum Gasteiger partial charge on any atom is 0.408 e. The molecule has 0 aliphatic carbocycles. The second-order valence-corrected chi connectivity index (χ2v) is 12.8. The van der Waals surface area contributed by atoms with Crippen LogP contribution in [0.4, 0.5) is 9.59 Å². The number of amides is 3. The van der Waals surface area contributed by atoms with Crippen LogP contribution >= 0.6 is 0 Å². The van der Waals surface area contributed by atoms with E-state index in [-0.39, 0.29) is 31.9 Å². The van der Waals surface area contributed by atoms with Crippen molar-refractivity contribution in [3.05, 3.63) is 90.1 Å². The number of aromatic nitrogens is 1. The molecule has 3 fully saturated rings. The topological polar surface area (TPSA) is 161 Å². The van der Waals surface area contributed by atoms with Crippen LogP contribution in [0, 0.1) is 5.92 Å². The summed E-state index contributed by atoms with van der Waals surface area (Å²) in [5, 5.41) is 18.7. The summed E-state index contributed by atoms with van der Waals surface area (Å²) in [5.74, 6) is -0.544. The van der Waals surface area contributed by atoms with Crippen molar-refractivity contribution in [1.82, 2.24) is 26.1 Å². The van der Waals surface area contributed by atoms with Crippen LogP contribution in [0.15, 0.2) is 79.0 Å². The van der Waals surface area contributed by atoms with E-state index in [4.69, 9.17) is 18.9 Å². The second-order valence-electron chi connectivity index (χ2n) is 12.8. The maximum atomic E-state index is 13.5. The first-order chi connectivity index (χ1) is 23.1. The van der Waals surface area contributed by atoms with Gasteiger partial charge in [-0.3, -0.25) is 15.2 Å². The molecular weight excluding hydrogens is 618 g/mol. The maximum absolute atomic E-state index is 13.5. The molecule has 4 N–H and O–H groups in total. The van der Waals surface area contributed by atoms with Gasteiger partial charge in [0.25, 0.3) is 5.91 Å². The number of aliphatic hydroxyl groups excluding tert-OH is 1. The Labute approximate surface area is 278 Å². The Morgan fingerprint density at radius 2 is 1.83 bits per heavy atom. The molecule has 3 aliphatic heterocycles. The Bertz CT molecular complexity index is 1560. The lowest BCUT2D eigenvalue weighted by Gasteiger charge is -2.32. The summed E-state index contributed by atoms with van der Waals surface area (Å²) in [6.45, 7) is 4.21. The Morgan fingerprint density at radius 1 is 1.06 bits per heavy atom. The van der Waals surface area contributed by atoms with Crippen LogP contribution in [0.5, 0.6) is 0 Å². The molecule has 6 rings (SSSR count). The highest BCUT2D eigenvalue weighted by atomic mass is 16.7. The van der Waals surface area contributed by atoms with Crippen molar-refractivity contribution in [1.29, 1.82) is 0 Å². The molecular formula is C35H41N5O8. The molecule has 13 heteroatoms. The van der Waals surface area contributed by atoms with E-state index in [1.165, 1.54) is 0 Å². The fraction of sp³-hybridized carbons (Fsp3) is 0.429. The number of fused-ring (bicyclic) bond motifs is 1. The van der Waals surface area contributed by atoms with Crippen LogP contribution in [0.3, 0.4) is 0 Å². The smallest absolute Gasteiger partial charge is 0.408 e. The molecule has 4 heterocycles. The third kappa shape index (κ3) is 8.11. The van der Waals surface area contributed by atoms with Crippen LogP contribution in [0.25, 0.3) is 11.3 Å². The van der Waals surface area contributed by atoms with Gasteiger partial charge in [0.1, 0.15) is 11.7 Å². The van der Waals surface area contributed by atoms with Gasteiger partial charge in [0.2, 0.25) is 0 Å². The number of nitrogens with one attached hydrogen (secondary N) is 3. The first-order valence-electron chi connectivity index (χ1n) is 16.1. The van der Waals surface area contributed by atoms with Gasteiger partial charge in [0.15, 0.2) is 12.3 Å². The van der Waals surface area contributed by atoms with E-state index in [0.29, 0.717) is 13.0 Å². The number of rotatable bonds is 12. The standard InChI is InChI=1S/C35H41N5O8/c1-35(2)30(38-34(44)48-35)31(42)39-40(19-23-11-13-24(14-12-23)26-10-6-7-16-36-26)20-28(41)27(18-22-8-4-3-5-9-22)37-33(43)47-29-21-46-32-25(29)15-17-45-32/h3-14,16,25,27-30,32,41H,15,17-21H2,1-2H3,(H,37,43)(H,38,44)(H,39,42)/t25-,27-,28-,29-,30+,32+/m0/s1. The number of aliphatic hydroxyl groups is 1. The summed E-state index contributed by atoms with van der Waals surface area (Å²) in [6, 6.07) is 21.1. The van der Waals surface area contributed by atoms with E-state index in [1.807, 2.05) is 72.8 Å². The molecule has 0 spiro atoms. The summed E-state index contributed by atoms with van der Waals surface area (Å²) >= 11 is 0. The highest BCUT2D eigenvalue weighted by Crippen LogP contribution is 2.33. The predicted octanol–water partition coefficient (Wildman–Crippen LogP) is 2.93. The zero-order valence-electron chi connectivity index (χ0n) is 26.9. The van der Waals surface area contributed by atoms with Gasteiger partial charge >= 0.3 is 12.2 Å². The Morgan fingerprint density at radius 3 is 2.54 bits per heavy atom. The normalized spacial score (nSPS) is 23.9. The molecule has 3 aromatic rings. The molecule has 3 amide bonds. The number of carbonyl (C=O) groups is 3. The Balaban J connectivity index is 1.19. The number of hydrogen-bond donors (Lipinski definition) is 4. The molecule has 6 atom stereocenters. The number of ether oxygens (including phenoxy) is 4. The van der Waals surface area contributed by atoms with Gasteiger partial charge in [-0.05, 0) is 49.9 Å². The molecule has 3 saturated heterocycles. The Kier molecular flexibility index (Phi) is 10.2. The average molecular weight is 660 g/mol. The molecule has 0 unspecified atom stereocenters. The molecule has 0 bridgehead atoms. The second kappa shape index (κ2) is 14.7. The fourth-order valence-electron chi connectivity index (χ4n) is 6.28. The first kappa shape index (κ1) is 33.3. The lowest BCUT2D eigenvalue weighted by atomic mass is 9.99. The average Bonchev–Trinajstić information content (AvgIpc) is 3.77. The summed E-state index contributed by atoms with van der Waals surface area (Å²) in [5.41, 5.74) is 5.26. The van der Waals surface area contributed by atoms with E-state index in [1.54, 1.807) is 25.1 Å². The SMILES string of the molecule is CC1(C)OC(=O)N[C@@H]1C(=O)NN(Cc1ccc(-c2ccccn2)cc1)C[C@H](O)[C@H](Cc1ccccc1)NC(=O)O[C@H]1CO[C@H]2OCC[C@H]21. The molecule has 3 aliphatic rings. The van der Waals surface area contributed by atoms with E-state index in [0.717, 1.165) is 28.8 Å². The van der Waals surface area contributed by atoms with Gasteiger partial charge in [0, 0.05) is 24.8 Å². The summed E-state index contributed by atoms with van der Waals surface area (Å²) in [6.07, 6.45) is -0.586. The monoisotopic (exact) mass is 659 g/mol. The number of hydrazine groups is 1. The van der Waals surface area contributed by atoms with Crippen molar-refractivity contribution in [2.45, 2.75) is 69.4 Å². The fourth-order valence-corrected chi connectivity index (χ4v) is 6.28. The first-order valence-corrected chi connectivity index (χ1v) is 16.1. The summed E-state index contributed by atoms with van der Waals surface area (Å²) in [7, 11) is 0. The van der Waals surface area contributed by atoms with Crippen molar-refractivity contribution < 1.29 is 38.4 Å². The minimum absolute atomic E-state index is 0.0349. The molecule has 254 valence electrons. The number of carbonyl (C=O) groups excluding carboxylic acids is 3. The van der Waals surface area contributed by atoms with Gasteiger partial charge < -0.3 is 34.7 Å². The van der Waals surface area contributed by atoms with Crippen molar-refractivity contribution >= 4 is 18.1 Å². The van der Waals surface area contributed by atoms with Gasteiger partial charge in [-0.25, -0.2) is 14.6 Å². The summed E-state index contributed by atoms with van der Waals surface area (Å²) in [4.78, 5) is 43.1. The van der Waals surface area contributed by atoms with Gasteiger partial charge in [-0.2, -0.15) is 0 Å². The quantitative estimate of drug-likeness (QED) is 0.213. The van der Waals surface area contributed by atoms with Crippen molar-refractivity contribution in [3.8, 4) is 11.3 Å². The van der Waals surface area contributed by atoms with Crippen LogP contribution in [0.2, 0.25) is 0 Å². The number of hydrogen-bond acceptors (Lipinski definition) is 10. The third-order valence-corrected chi connectivity index (χ3v) is 8.85. The molecule has 0 saturated carbocycles. The largest absolute Gasteiger partial charge is 0.443 e. The van der Waals surface area contributed by atoms with Crippen LogP contribution in [-0.4, -0.2) is 89.1 Å². The lowest BCUT2D eigenvalue weighted by molar-refractivity contribution is -0.131. The van der Waals surface area contributed by atoms with Crippen molar-refractivity contribution in [3.63, 3.8) is 0 Å². The number of benzene rings is 2. The molecule has 0 radical (unpaired) electrons. The number of pyridine rings is 1. The zero-order chi connectivity index (χ0) is 33.7. The van der Waals surface area contributed by atoms with E-state index in [2.05, 4.69) is 21.0 Å².